The first kappa shape index (κ1) is 19.6. The molecule has 7 nitrogen and oxygen atoms in total. The molecule has 2 aromatic heterocycles. The second-order valence-electron chi connectivity index (χ2n) is 6.25. The summed E-state index contributed by atoms with van der Waals surface area (Å²) in [6.07, 6.45) is 3.22. The highest BCUT2D eigenvalue weighted by atomic mass is 19.1. The third kappa shape index (κ3) is 4.97. The fourth-order valence-corrected chi connectivity index (χ4v) is 2.77. The molecule has 0 amide bonds. The highest BCUT2D eigenvalue weighted by molar-refractivity contribution is 5.79. The van der Waals surface area contributed by atoms with Gasteiger partial charge in [-0.05, 0) is 30.7 Å². The molecule has 148 valence electrons. The summed E-state index contributed by atoms with van der Waals surface area (Å²) >= 11 is 0. The van der Waals surface area contributed by atoms with Crippen molar-refractivity contribution in [3.8, 4) is 5.75 Å². The van der Waals surface area contributed by atoms with E-state index in [2.05, 4.69) is 25.8 Å². The molecule has 2 N–H and O–H groups in total. The number of benzene rings is 1. The van der Waals surface area contributed by atoms with E-state index in [0.29, 0.717) is 25.5 Å². The lowest BCUT2D eigenvalue weighted by molar-refractivity contribution is 0.191. The van der Waals surface area contributed by atoms with Crippen LogP contribution in [0.25, 0.3) is 5.65 Å². The average molecular weight is 384 g/mol. The molecule has 1 aromatic carbocycles. The molecule has 0 saturated carbocycles. The number of rotatable bonds is 8. The van der Waals surface area contributed by atoms with Gasteiger partial charge < -0.3 is 15.4 Å². The zero-order valence-electron chi connectivity index (χ0n) is 16.1. The lowest BCUT2D eigenvalue weighted by Gasteiger charge is -2.20. The number of aliphatic imine (C=N–C) groups is 1. The second kappa shape index (κ2) is 9.68. The molecular formula is C20H25FN6O. The van der Waals surface area contributed by atoms with Crippen LogP contribution in [0.15, 0.2) is 53.7 Å². The van der Waals surface area contributed by atoms with E-state index < -0.39 is 0 Å². The number of nitrogens with one attached hydrogen (secondary N) is 2. The van der Waals surface area contributed by atoms with E-state index in [1.807, 2.05) is 35.7 Å². The Morgan fingerprint density at radius 3 is 2.79 bits per heavy atom. The van der Waals surface area contributed by atoms with Crippen LogP contribution >= 0.6 is 0 Å². The summed E-state index contributed by atoms with van der Waals surface area (Å²) in [5.41, 5.74) is 0.830. The Labute approximate surface area is 163 Å². The highest BCUT2D eigenvalue weighted by Gasteiger charge is 2.12. The fourth-order valence-electron chi connectivity index (χ4n) is 2.77. The zero-order valence-corrected chi connectivity index (χ0v) is 16.1. The molecule has 1 unspecified atom stereocenters. The van der Waals surface area contributed by atoms with Gasteiger partial charge in [-0.1, -0.05) is 25.1 Å². The number of pyridine rings is 1. The first-order chi connectivity index (χ1) is 13.7. The van der Waals surface area contributed by atoms with Gasteiger partial charge in [0.1, 0.15) is 11.9 Å². The molecule has 0 saturated heterocycles. The van der Waals surface area contributed by atoms with Crippen LogP contribution in [0.1, 0.15) is 19.2 Å². The minimum absolute atomic E-state index is 0.170. The molecule has 0 radical (unpaired) electrons. The number of fused-ring (bicyclic) bond motifs is 1. The van der Waals surface area contributed by atoms with E-state index in [9.17, 15) is 4.39 Å². The van der Waals surface area contributed by atoms with E-state index in [4.69, 9.17) is 4.74 Å². The van der Waals surface area contributed by atoms with Crippen LogP contribution in [0.5, 0.6) is 5.75 Å². The van der Waals surface area contributed by atoms with Crippen molar-refractivity contribution in [1.82, 2.24) is 25.2 Å². The summed E-state index contributed by atoms with van der Waals surface area (Å²) in [5.74, 6) is 1.44. The van der Waals surface area contributed by atoms with Crippen molar-refractivity contribution in [3.05, 3.63) is 60.3 Å². The van der Waals surface area contributed by atoms with Gasteiger partial charge in [0.25, 0.3) is 0 Å². The van der Waals surface area contributed by atoms with Crippen molar-refractivity contribution < 1.29 is 9.13 Å². The first-order valence-corrected chi connectivity index (χ1v) is 9.35. The Morgan fingerprint density at radius 1 is 1.18 bits per heavy atom. The van der Waals surface area contributed by atoms with Gasteiger partial charge in [-0.2, -0.15) is 0 Å². The predicted molar refractivity (Wildman–Crippen MR) is 107 cm³/mol. The molecule has 0 aliphatic carbocycles. The smallest absolute Gasteiger partial charge is 0.191 e. The second-order valence-corrected chi connectivity index (χ2v) is 6.25. The summed E-state index contributed by atoms with van der Waals surface area (Å²) in [4.78, 5) is 4.22. The molecule has 28 heavy (non-hydrogen) atoms. The normalized spacial score (nSPS) is 12.8. The molecule has 0 spiro atoms. The molecule has 0 fully saturated rings. The quantitative estimate of drug-likeness (QED) is 0.461. The van der Waals surface area contributed by atoms with Gasteiger partial charge in [-0.25, -0.2) is 4.39 Å². The summed E-state index contributed by atoms with van der Waals surface area (Å²) in [5, 5.41) is 14.8. The number of guanidine groups is 1. The van der Waals surface area contributed by atoms with Gasteiger partial charge in [-0.3, -0.25) is 9.39 Å². The Morgan fingerprint density at radius 2 is 2.00 bits per heavy atom. The van der Waals surface area contributed by atoms with Crippen molar-refractivity contribution >= 4 is 11.6 Å². The van der Waals surface area contributed by atoms with E-state index in [-0.39, 0.29) is 17.7 Å². The summed E-state index contributed by atoms with van der Waals surface area (Å²) in [6, 6.07) is 12.2. The third-order valence-electron chi connectivity index (χ3n) is 4.33. The maximum absolute atomic E-state index is 13.8. The van der Waals surface area contributed by atoms with Gasteiger partial charge in [0, 0.05) is 26.2 Å². The van der Waals surface area contributed by atoms with Gasteiger partial charge in [0.2, 0.25) is 0 Å². The number of para-hydroxylation sites is 1. The van der Waals surface area contributed by atoms with E-state index in [1.54, 1.807) is 25.2 Å². The standard InChI is InChI=1S/C20H25FN6O/c1-3-15(28-17-9-5-4-8-16(17)21)14-24-20(22-2)23-12-11-19-26-25-18-10-6-7-13-27(18)19/h4-10,13,15H,3,11-12,14H2,1-2H3,(H2,22,23,24). The number of ether oxygens (including phenoxy) is 1. The van der Waals surface area contributed by atoms with Crippen LogP contribution < -0.4 is 15.4 Å². The predicted octanol–water partition coefficient (Wildman–Crippen LogP) is 2.43. The number of hydrogen-bond donors (Lipinski definition) is 2. The van der Waals surface area contributed by atoms with E-state index in [0.717, 1.165) is 17.9 Å². The number of halogens is 1. The van der Waals surface area contributed by atoms with Crippen molar-refractivity contribution in [2.24, 2.45) is 4.99 Å². The topological polar surface area (TPSA) is 75.8 Å². The average Bonchev–Trinajstić information content (AvgIpc) is 3.14. The van der Waals surface area contributed by atoms with Gasteiger partial charge in [0.05, 0.1) is 6.54 Å². The minimum atomic E-state index is -0.357. The Kier molecular flexibility index (Phi) is 6.78. The molecule has 3 rings (SSSR count). The molecule has 0 aliphatic heterocycles. The van der Waals surface area contributed by atoms with Crippen LogP contribution in [0.3, 0.4) is 0 Å². The fraction of sp³-hybridized carbons (Fsp3) is 0.350. The van der Waals surface area contributed by atoms with E-state index >= 15 is 0 Å². The Hall–Kier alpha value is -3.16. The van der Waals surface area contributed by atoms with Crippen molar-refractivity contribution in [1.29, 1.82) is 0 Å². The molecule has 1 atom stereocenters. The molecule has 2 heterocycles. The van der Waals surface area contributed by atoms with Crippen molar-refractivity contribution in [2.45, 2.75) is 25.9 Å². The van der Waals surface area contributed by atoms with E-state index in [1.165, 1.54) is 6.07 Å². The molecular weight excluding hydrogens is 359 g/mol. The third-order valence-corrected chi connectivity index (χ3v) is 4.33. The summed E-state index contributed by atoms with van der Waals surface area (Å²) in [7, 11) is 1.71. The molecule has 3 aromatic rings. The van der Waals surface area contributed by atoms with Crippen LogP contribution in [0.4, 0.5) is 4.39 Å². The maximum Gasteiger partial charge on any atom is 0.191 e. The SMILES string of the molecule is CCC(CNC(=NC)NCCc1nnc2ccccn12)Oc1ccccc1F. The molecule has 0 aliphatic rings. The number of nitrogens with zero attached hydrogens (tertiary/aromatic N) is 4. The first-order valence-electron chi connectivity index (χ1n) is 9.35. The van der Waals surface area contributed by atoms with Gasteiger partial charge in [-0.15, -0.1) is 10.2 Å². The van der Waals surface area contributed by atoms with Crippen molar-refractivity contribution in [2.75, 3.05) is 20.1 Å². The zero-order chi connectivity index (χ0) is 19.8. The number of hydrogen-bond acceptors (Lipinski definition) is 4. The Bertz CT molecular complexity index is 926. The lowest BCUT2D eigenvalue weighted by atomic mass is 10.2. The van der Waals surface area contributed by atoms with Crippen LogP contribution in [-0.4, -0.2) is 46.8 Å². The summed E-state index contributed by atoms with van der Waals surface area (Å²) in [6.45, 7) is 3.17. The lowest BCUT2D eigenvalue weighted by Crippen LogP contribution is -2.43. The Balaban J connectivity index is 1.48. The number of aromatic nitrogens is 3. The highest BCUT2D eigenvalue weighted by Crippen LogP contribution is 2.17. The maximum atomic E-state index is 13.8. The molecule has 0 bridgehead atoms. The molecule has 8 heteroatoms. The van der Waals surface area contributed by atoms with Crippen LogP contribution in [0, 0.1) is 5.82 Å². The minimum Gasteiger partial charge on any atom is -0.486 e. The monoisotopic (exact) mass is 384 g/mol. The van der Waals surface area contributed by atoms with Crippen LogP contribution in [0.2, 0.25) is 0 Å². The van der Waals surface area contributed by atoms with Crippen LogP contribution in [-0.2, 0) is 6.42 Å². The summed E-state index contributed by atoms with van der Waals surface area (Å²) < 4.78 is 21.5. The largest absolute Gasteiger partial charge is 0.486 e. The van der Waals surface area contributed by atoms with Gasteiger partial charge >= 0.3 is 0 Å². The van der Waals surface area contributed by atoms with Crippen molar-refractivity contribution in [3.63, 3.8) is 0 Å². The van der Waals surface area contributed by atoms with Gasteiger partial charge in [0.15, 0.2) is 23.2 Å².